The zero-order chi connectivity index (χ0) is 24.2. The Labute approximate surface area is 200 Å². The summed E-state index contributed by atoms with van der Waals surface area (Å²) in [6.07, 6.45) is 4.40. The van der Waals surface area contributed by atoms with Gasteiger partial charge in [0.25, 0.3) is 5.91 Å². The maximum absolute atomic E-state index is 14.6. The van der Waals surface area contributed by atoms with E-state index < -0.39 is 17.5 Å². The lowest BCUT2D eigenvalue weighted by atomic mass is 10.0. The zero-order valence-electron chi connectivity index (χ0n) is 18.8. The van der Waals surface area contributed by atoms with Gasteiger partial charge in [0.2, 0.25) is 0 Å². The highest BCUT2D eigenvalue weighted by Crippen LogP contribution is 2.29. The second kappa shape index (κ2) is 10.3. The van der Waals surface area contributed by atoms with Gasteiger partial charge in [-0.2, -0.15) is 0 Å². The molecule has 2 N–H and O–H groups in total. The Morgan fingerprint density at radius 1 is 1.21 bits per heavy atom. The lowest BCUT2D eigenvalue weighted by Crippen LogP contribution is -2.44. The molecule has 3 aromatic rings. The van der Waals surface area contributed by atoms with Crippen molar-refractivity contribution < 1.29 is 18.7 Å². The van der Waals surface area contributed by atoms with Crippen LogP contribution in [0, 0.1) is 5.82 Å². The molecule has 11 heteroatoms. The van der Waals surface area contributed by atoms with Gasteiger partial charge < -0.3 is 19.9 Å². The number of ketones is 1. The van der Waals surface area contributed by atoms with Crippen molar-refractivity contribution in [1.29, 1.82) is 0 Å². The molecule has 1 aliphatic heterocycles. The minimum absolute atomic E-state index is 0.0516. The number of H-pyrrole nitrogens is 1. The number of carbonyl (C=O) groups is 2. The van der Waals surface area contributed by atoms with Crippen molar-refractivity contribution in [3.63, 3.8) is 0 Å². The summed E-state index contributed by atoms with van der Waals surface area (Å²) in [4.78, 5) is 41.4. The monoisotopic (exact) mass is 486 g/mol. The number of hydrogen-bond acceptors (Lipinski definition) is 7. The van der Waals surface area contributed by atoms with Gasteiger partial charge in [0.15, 0.2) is 17.3 Å². The van der Waals surface area contributed by atoms with E-state index >= 15 is 0 Å². The van der Waals surface area contributed by atoms with Crippen LogP contribution in [0.3, 0.4) is 0 Å². The van der Waals surface area contributed by atoms with Crippen molar-refractivity contribution in [2.45, 2.75) is 6.54 Å². The average Bonchev–Trinajstić information content (AvgIpc) is 3.33. The molecule has 34 heavy (non-hydrogen) atoms. The van der Waals surface area contributed by atoms with Gasteiger partial charge in [-0.25, -0.2) is 14.4 Å². The number of carbonyl (C=O) groups excluding carboxylic acids is 2. The molecule has 3 heterocycles. The van der Waals surface area contributed by atoms with E-state index in [2.05, 4.69) is 37.1 Å². The average molecular weight is 487 g/mol. The fourth-order valence-corrected chi connectivity index (χ4v) is 3.84. The van der Waals surface area contributed by atoms with Gasteiger partial charge in [0.05, 0.1) is 42.3 Å². The molecule has 0 spiro atoms. The lowest BCUT2D eigenvalue weighted by Gasteiger charge is -2.31. The summed E-state index contributed by atoms with van der Waals surface area (Å²) in [5.74, 6) is -1.45. The third-order valence-corrected chi connectivity index (χ3v) is 5.93. The number of amides is 1. The van der Waals surface area contributed by atoms with Crippen LogP contribution >= 0.6 is 11.6 Å². The molecule has 1 amide bonds. The van der Waals surface area contributed by atoms with Crippen LogP contribution in [0.1, 0.15) is 32.2 Å². The molecule has 0 radical (unpaired) electrons. The maximum atomic E-state index is 14.6. The standard InChI is InChI=1S/C23H24ClFN6O3/c1-30-5-7-31(8-6-30)13-19-27-11-15(12-28-19)29-23(33)17-9-14(10-26-17)22(32)20-16(24)3-4-18(34-2)21(20)25/h3-4,9-12,26H,5-8,13H2,1-2H3,(H,29,33). The van der Waals surface area contributed by atoms with Gasteiger partial charge in [-0.05, 0) is 25.2 Å². The van der Waals surface area contributed by atoms with Crippen LogP contribution in [0.25, 0.3) is 0 Å². The number of likely N-dealkylation sites (N-methyl/N-ethyl adjacent to an activating group) is 1. The van der Waals surface area contributed by atoms with Crippen LogP contribution in [0.5, 0.6) is 5.75 Å². The van der Waals surface area contributed by atoms with Crippen LogP contribution in [0.2, 0.25) is 5.02 Å². The SMILES string of the molecule is COc1ccc(Cl)c(C(=O)c2c[nH]c(C(=O)Nc3cnc(CN4CCN(C)CC4)nc3)c2)c1F. The topological polar surface area (TPSA) is 103 Å². The number of piperazine rings is 1. The summed E-state index contributed by atoms with van der Waals surface area (Å²) >= 11 is 6.04. The number of methoxy groups -OCH3 is 1. The Balaban J connectivity index is 1.40. The number of nitrogens with one attached hydrogen (secondary N) is 2. The molecule has 9 nitrogen and oxygen atoms in total. The Kier molecular flexibility index (Phi) is 7.20. The molecule has 2 aromatic heterocycles. The number of ether oxygens (including phenoxy) is 1. The van der Waals surface area contributed by atoms with E-state index in [1.165, 1.54) is 43.9 Å². The minimum atomic E-state index is -0.860. The largest absolute Gasteiger partial charge is 0.494 e. The molecular formula is C23H24ClFN6O3. The summed E-state index contributed by atoms with van der Waals surface area (Å²) in [6.45, 7) is 4.57. The predicted molar refractivity (Wildman–Crippen MR) is 125 cm³/mol. The van der Waals surface area contributed by atoms with E-state index in [0.29, 0.717) is 18.1 Å². The summed E-state index contributed by atoms with van der Waals surface area (Å²) in [7, 11) is 3.39. The lowest BCUT2D eigenvalue weighted by molar-refractivity contribution is 0.102. The normalized spacial score (nSPS) is 14.7. The van der Waals surface area contributed by atoms with Crippen molar-refractivity contribution in [2.24, 2.45) is 0 Å². The molecular weight excluding hydrogens is 463 g/mol. The number of hydrogen-bond donors (Lipinski definition) is 2. The first-order chi connectivity index (χ1) is 16.4. The molecule has 0 bridgehead atoms. The van der Waals surface area contributed by atoms with Crippen LogP contribution in [-0.2, 0) is 6.54 Å². The van der Waals surface area contributed by atoms with E-state index in [-0.39, 0.29) is 27.6 Å². The Hall–Kier alpha value is -3.34. The number of anilines is 1. The molecule has 0 atom stereocenters. The fraction of sp³-hybridized carbons (Fsp3) is 0.304. The number of benzene rings is 1. The molecule has 178 valence electrons. The van der Waals surface area contributed by atoms with Gasteiger partial charge in [-0.15, -0.1) is 0 Å². The Bertz CT molecular complexity index is 1190. The molecule has 4 rings (SSSR count). The zero-order valence-corrected chi connectivity index (χ0v) is 19.5. The quantitative estimate of drug-likeness (QED) is 0.495. The van der Waals surface area contributed by atoms with Crippen molar-refractivity contribution in [2.75, 3.05) is 45.7 Å². The van der Waals surface area contributed by atoms with Crippen LogP contribution in [0.15, 0.2) is 36.8 Å². The molecule has 1 fully saturated rings. The third kappa shape index (κ3) is 5.24. The number of nitrogens with zero attached hydrogens (tertiary/aromatic N) is 4. The summed E-state index contributed by atoms with van der Waals surface area (Å²) in [6, 6.07) is 4.04. The number of aromatic nitrogens is 3. The first-order valence-electron chi connectivity index (χ1n) is 10.6. The molecule has 1 aromatic carbocycles. The highest BCUT2D eigenvalue weighted by atomic mass is 35.5. The highest BCUT2D eigenvalue weighted by molar-refractivity contribution is 6.35. The van der Waals surface area contributed by atoms with Crippen molar-refractivity contribution in [1.82, 2.24) is 24.8 Å². The molecule has 0 aliphatic carbocycles. The summed E-state index contributed by atoms with van der Waals surface area (Å²) in [5.41, 5.74) is 0.287. The summed E-state index contributed by atoms with van der Waals surface area (Å²) < 4.78 is 19.5. The second-order valence-electron chi connectivity index (χ2n) is 7.99. The van der Waals surface area contributed by atoms with Gasteiger partial charge in [0.1, 0.15) is 11.5 Å². The van der Waals surface area contributed by atoms with Gasteiger partial charge in [0, 0.05) is 37.9 Å². The van der Waals surface area contributed by atoms with E-state index in [0.717, 1.165) is 26.2 Å². The molecule has 0 saturated carbocycles. The number of aromatic amines is 1. The third-order valence-electron chi connectivity index (χ3n) is 5.62. The van der Waals surface area contributed by atoms with Gasteiger partial charge in [-0.3, -0.25) is 14.5 Å². The second-order valence-corrected chi connectivity index (χ2v) is 8.40. The fourth-order valence-electron chi connectivity index (χ4n) is 3.61. The first kappa shape index (κ1) is 23.8. The smallest absolute Gasteiger partial charge is 0.272 e. The van der Waals surface area contributed by atoms with Crippen molar-refractivity contribution in [3.8, 4) is 5.75 Å². The van der Waals surface area contributed by atoms with E-state index in [4.69, 9.17) is 16.3 Å². The minimum Gasteiger partial charge on any atom is -0.494 e. The van der Waals surface area contributed by atoms with Crippen molar-refractivity contribution in [3.05, 3.63) is 70.3 Å². The van der Waals surface area contributed by atoms with Crippen LogP contribution in [-0.4, -0.2) is 76.8 Å². The molecule has 1 aliphatic rings. The van der Waals surface area contributed by atoms with Crippen LogP contribution < -0.4 is 10.1 Å². The Morgan fingerprint density at radius 2 is 1.91 bits per heavy atom. The molecule has 0 unspecified atom stereocenters. The van der Waals surface area contributed by atoms with Crippen LogP contribution in [0.4, 0.5) is 10.1 Å². The number of halogens is 2. The van der Waals surface area contributed by atoms with E-state index in [9.17, 15) is 14.0 Å². The predicted octanol–water partition coefficient (Wildman–Crippen LogP) is 2.84. The summed E-state index contributed by atoms with van der Waals surface area (Å²) in [5, 5.41) is 2.63. The number of rotatable bonds is 7. The maximum Gasteiger partial charge on any atom is 0.272 e. The van der Waals surface area contributed by atoms with Gasteiger partial charge in [-0.1, -0.05) is 11.6 Å². The Morgan fingerprint density at radius 3 is 2.59 bits per heavy atom. The van der Waals surface area contributed by atoms with E-state index in [1.807, 2.05) is 0 Å². The highest BCUT2D eigenvalue weighted by Gasteiger charge is 2.23. The van der Waals surface area contributed by atoms with Crippen molar-refractivity contribution >= 4 is 29.0 Å². The van der Waals surface area contributed by atoms with E-state index in [1.54, 1.807) is 0 Å². The first-order valence-corrected chi connectivity index (χ1v) is 11.0. The molecule has 1 saturated heterocycles. The van der Waals surface area contributed by atoms with Gasteiger partial charge >= 0.3 is 0 Å².